The number of aliphatic imine (C=N–C) groups is 1. The minimum Gasteiger partial charge on any atom is -0.262 e. The van der Waals surface area contributed by atoms with Crippen molar-refractivity contribution in [1.82, 2.24) is 4.98 Å². The zero-order valence-electron chi connectivity index (χ0n) is 10.9. The van der Waals surface area contributed by atoms with Gasteiger partial charge < -0.3 is 0 Å². The molecule has 2 heterocycles. The van der Waals surface area contributed by atoms with E-state index >= 15 is 0 Å². The molecule has 0 radical (unpaired) electrons. The van der Waals surface area contributed by atoms with Crippen LogP contribution in [0.1, 0.15) is 25.1 Å². The molecule has 0 spiro atoms. The monoisotopic (exact) mass is 236 g/mol. The van der Waals surface area contributed by atoms with Crippen LogP contribution in [-0.2, 0) is 5.41 Å². The Kier molecular flexibility index (Phi) is 2.34. The summed E-state index contributed by atoms with van der Waals surface area (Å²) in [6.07, 6.45) is 3.88. The second kappa shape index (κ2) is 3.77. The normalized spacial score (nSPS) is 15.7. The summed E-state index contributed by atoms with van der Waals surface area (Å²) in [6, 6.07) is 10.7. The molecule has 0 saturated heterocycles. The predicted molar refractivity (Wildman–Crippen MR) is 75.6 cm³/mol. The number of fused-ring (bicyclic) bond motifs is 1. The number of nitrogens with zero attached hydrogens (tertiary/aromatic N) is 2. The van der Waals surface area contributed by atoms with Gasteiger partial charge in [0.15, 0.2) is 0 Å². The Balaban J connectivity index is 2.10. The number of hydrogen-bond donors (Lipinski definition) is 0. The number of aromatic nitrogens is 1. The van der Waals surface area contributed by atoms with Gasteiger partial charge in [0, 0.05) is 23.5 Å². The van der Waals surface area contributed by atoms with Crippen molar-refractivity contribution < 1.29 is 0 Å². The summed E-state index contributed by atoms with van der Waals surface area (Å²) >= 11 is 0. The number of hydrogen-bond acceptors (Lipinski definition) is 2. The van der Waals surface area contributed by atoms with Gasteiger partial charge in [-0.25, -0.2) is 0 Å². The average Bonchev–Trinajstić information content (AvgIpc) is 2.65. The molecule has 1 aliphatic rings. The molecule has 90 valence electrons. The van der Waals surface area contributed by atoms with Gasteiger partial charge in [-0.1, -0.05) is 26.0 Å². The van der Waals surface area contributed by atoms with Gasteiger partial charge in [0.1, 0.15) is 0 Å². The van der Waals surface area contributed by atoms with Crippen LogP contribution in [-0.4, -0.2) is 11.2 Å². The Morgan fingerprint density at radius 3 is 2.56 bits per heavy atom. The van der Waals surface area contributed by atoms with E-state index in [4.69, 9.17) is 0 Å². The van der Waals surface area contributed by atoms with Gasteiger partial charge in [0.05, 0.1) is 5.69 Å². The van der Waals surface area contributed by atoms with Crippen molar-refractivity contribution in [3.05, 3.63) is 47.8 Å². The smallest absolute Gasteiger partial charge is 0.0673 e. The van der Waals surface area contributed by atoms with Crippen molar-refractivity contribution >= 4 is 11.9 Å². The zero-order valence-corrected chi connectivity index (χ0v) is 10.9. The van der Waals surface area contributed by atoms with Crippen LogP contribution in [0.2, 0.25) is 0 Å². The fraction of sp³-hybridized carbons (Fsp3) is 0.250. The molecule has 3 rings (SSSR count). The number of aryl methyl sites for hydroxylation is 1. The summed E-state index contributed by atoms with van der Waals surface area (Å²) in [4.78, 5) is 8.75. The Morgan fingerprint density at radius 1 is 1.00 bits per heavy atom. The van der Waals surface area contributed by atoms with E-state index in [2.05, 4.69) is 48.1 Å². The fourth-order valence-corrected chi connectivity index (χ4v) is 2.39. The number of pyridine rings is 1. The molecule has 0 unspecified atom stereocenters. The Hall–Kier alpha value is -1.96. The fourth-order valence-electron chi connectivity index (χ4n) is 2.39. The molecule has 0 aliphatic carbocycles. The van der Waals surface area contributed by atoms with Crippen LogP contribution < -0.4 is 0 Å². The molecular weight excluding hydrogens is 220 g/mol. The zero-order chi connectivity index (χ0) is 12.8. The molecule has 1 aromatic heterocycles. The van der Waals surface area contributed by atoms with Crippen molar-refractivity contribution in [2.24, 2.45) is 4.99 Å². The van der Waals surface area contributed by atoms with Crippen molar-refractivity contribution in [1.29, 1.82) is 0 Å². The molecule has 1 aliphatic heterocycles. The lowest BCUT2D eigenvalue weighted by Gasteiger charge is -2.16. The second-order valence-electron chi connectivity index (χ2n) is 5.40. The standard InChI is InChI=1S/C16H16N2/c1-11-8-13(6-7-17-11)12-4-5-14-15(9-12)18-10-16(14,2)3/h4-10H,1-3H3. The summed E-state index contributed by atoms with van der Waals surface area (Å²) in [5.41, 5.74) is 5.89. The van der Waals surface area contributed by atoms with E-state index in [1.807, 2.05) is 25.4 Å². The topological polar surface area (TPSA) is 25.2 Å². The van der Waals surface area contributed by atoms with Crippen LogP contribution in [0.3, 0.4) is 0 Å². The molecule has 0 atom stereocenters. The first-order valence-electron chi connectivity index (χ1n) is 6.19. The van der Waals surface area contributed by atoms with Crippen LogP contribution in [0.4, 0.5) is 5.69 Å². The molecule has 0 fully saturated rings. The summed E-state index contributed by atoms with van der Waals surface area (Å²) in [6.45, 7) is 6.40. The van der Waals surface area contributed by atoms with Crippen LogP contribution in [0, 0.1) is 6.92 Å². The Labute approximate surface area is 107 Å². The highest BCUT2D eigenvalue weighted by Gasteiger charge is 2.26. The summed E-state index contributed by atoms with van der Waals surface area (Å²) in [5, 5.41) is 0. The Morgan fingerprint density at radius 2 is 1.78 bits per heavy atom. The summed E-state index contributed by atoms with van der Waals surface area (Å²) in [7, 11) is 0. The van der Waals surface area contributed by atoms with E-state index in [1.54, 1.807) is 0 Å². The van der Waals surface area contributed by atoms with Gasteiger partial charge in [-0.05, 0) is 41.8 Å². The van der Waals surface area contributed by atoms with Gasteiger partial charge >= 0.3 is 0 Å². The molecule has 2 aromatic rings. The van der Waals surface area contributed by atoms with Gasteiger partial charge in [0.25, 0.3) is 0 Å². The van der Waals surface area contributed by atoms with Crippen LogP contribution in [0.15, 0.2) is 41.5 Å². The van der Waals surface area contributed by atoms with Gasteiger partial charge in [-0.15, -0.1) is 0 Å². The minimum atomic E-state index is 0.0576. The molecule has 2 heteroatoms. The second-order valence-corrected chi connectivity index (χ2v) is 5.40. The highest BCUT2D eigenvalue weighted by atomic mass is 14.8. The van der Waals surface area contributed by atoms with E-state index < -0.39 is 0 Å². The molecule has 18 heavy (non-hydrogen) atoms. The maximum atomic E-state index is 4.52. The van der Waals surface area contributed by atoms with Crippen LogP contribution in [0.5, 0.6) is 0 Å². The molecule has 0 N–H and O–H groups in total. The van der Waals surface area contributed by atoms with Crippen molar-refractivity contribution in [3.63, 3.8) is 0 Å². The molecule has 2 nitrogen and oxygen atoms in total. The third-order valence-corrected chi connectivity index (χ3v) is 3.45. The van der Waals surface area contributed by atoms with Crippen molar-refractivity contribution in [2.75, 3.05) is 0 Å². The molecule has 0 saturated carbocycles. The lowest BCUT2D eigenvalue weighted by Crippen LogP contribution is -2.14. The largest absolute Gasteiger partial charge is 0.262 e. The first-order valence-corrected chi connectivity index (χ1v) is 6.19. The van der Waals surface area contributed by atoms with Gasteiger partial charge in [-0.3, -0.25) is 9.98 Å². The lowest BCUT2D eigenvalue weighted by molar-refractivity contribution is 0.753. The number of rotatable bonds is 1. The highest BCUT2D eigenvalue weighted by molar-refractivity contribution is 5.86. The van der Waals surface area contributed by atoms with Crippen molar-refractivity contribution in [3.8, 4) is 11.1 Å². The van der Waals surface area contributed by atoms with E-state index in [0.29, 0.717) is 0 Å². The van der Waals surface area contributed by atoms with Gasteiger partial charge in [-0.2, -0.15) is 0 Å². The van der Waals surface area contributed by atoms with Gasteiger partial charge in [0.2, 0.25) is 0 Å². The van der Waals surface area contributed by atoms with E-state index in [-0.39, 0.29) is 5.41 Å². The molecule has 0 amide bonds. The lowest BCUT2D eigenvalue weighted by atomic mass is 9.86. The molecular formula is C16H16N2. The number of benzene rings is 1. The maximum absolute atomic E-state index is 4.52. The van der Waals surface area contributed by atoms with Crippen LogP contribution >= 0.6 is 0 Å². The summed E-state index contributed by atoms with van der Waals surface area (Å²) < 4.78 is 0. The maximum Gasteiger partial charge on any atom is 0.0673 e. The minimum absolute atomic E-state index is 0.0576. The highest BCUT2D eigenvalue weighted by Crippen LogP contribution is 2.38. The SMILES string of the molecule is Cc1cc(-c2ccc3c(c2)N=CC3(C)C)ccn1. The van der Waals surface area contributed by atoms with E-state index in [9.17, 15) is 0 Å². The first kappa shape index (κ1) is 11.1. The Bertz CT molecular complexity index is 639. The average molecular weight is 236 g/mol. The van der Waals surface area contributed by atoms with E-state index in [0.717, 1.165) is 11.4 Å². The molecule has 1 aromatic carbocycles. The molecule has 0 bridgehead atoms. The van der Waals surface area contributed by atoms with Crippen LogP contribution in [0.25, 0.3) is 11.1 Å². The predicted octanol–water partition coefficient (Wildman–Crippen LogP) is 4.05. The summed E-state index contributed by atoms with van der Waals surface area (Å²) in [5.74, 6) is 0. The first-order chi connectivity index (χ1) is 8.56. The van der Waals surface area contributed by atoms with Crippen molar-refractivity contribution in [2.45, 2.75) is 26.2 Å². The van der Waals surface area contributed by atoms with E-state index in [1.165, 1.54) is 16.7 Å². The third-order valence-electron chi connectivity index (χ3n) is 3.45. The quantitative estimate of drug-likeness (QED) is 0.733. The third kappa shape index (κ3) is 1.74.